The lowest BCUT2D eigenvalue weighted by Crippen LogP contribution is -2.00. The van der Waals surface area contributed by atoms with Crippen molar-refractivity contribution < 1.29 is 19.7 Å². The number of fused-ring (bicyclic) bond motifs is 2. The Balaban J connectivity index is 2.64. The van der Waals surface area contributed by atoms with E-state index in [9.17, 15) is 20.1 Å². The number of phenols is 3. The predicted octanol–water partition coefficient (Wildman–Crippen LogP) is 2.37. The number of hydrogen-bond acceptors (Lipinski definition) is 5. The first kappa shape index (κ1) is 11.4. The highest BCUT2D eigenvalue weighted by Gasteiger charge is 2.15. The third-order valence-electron chi connectivity index (χ3n) is 3.02. The fraction of sp³-hybridized carbons (Fsp3) is 0.0714. The zero-order valence-corrected chi connectivity index (χ0v) is 9.97. The van der Waals surface area contributed by atoms with Gasteiger partial charge in [-0.1, -0.05) is 0 Å². The smallest absolute Gasteiger partial charge is 0.347 e. The molecule has 2 aromatic carbocycles. The van der Waals surface area contributed by atoms with Gasteiger partial charge in [-0.3, -0.25) is 0 Å². The van der Waals surface area contributed by atoms with Gasteiger partial charge in [0.2, 0.25) is 0 Å². The molecule has 0 fully saturated rings. The Morgan fingerprint density at radius 3 is 2.37 bits per heavy atom. The lowest BCUT2D eigenvalue weighted by Gasteiger charge is -2.08. The molecule has 5 nitrogen and oxygen atoms in total. The van der Waals surface area contributed by atoms with E-state index in [0.717, 1.165) is 6.07 Å². The van der Waals surface area contributed by atoms with Crippen LogP contribution in [0.25, 0.3) is 21.5 Å². The largest absolute Gasteiger partial charge is 0.508 e. The Morgan fingerprint density at radius 2 is 1.63 bits per heavy atom. The van der Waals surface area contributed by atoms with Gasteiger partial charge in [-0.15, -0.1) is 0 Å². The molecule has 0 saturated carbocycles. The van der Waals surface area contributed by atoms with Crippen LogP contribution in [-0.2, 0) is 0 Å². The molecule has 3 N–H and O–H groups in total. The second kappa shape index (κ2) is 3.65. The van der Waals surface area contributed by atoms with Gasteiger partial charge >= 0.3 is 5.63 Å². The summed E-state index contributed by atoms with van der Waals surface area (Å²) in [4.78, 5) is 11.8. The summed E-state index contributed by atoms with van der Waals surface area (Å²) < 4.78 is 4.94. The second-order valence-corrected chi connectivity index (χ2v) is 4.40. The van der Waals surface area contributed by atoms with Crippen LogP contribution in [0.2, 0.25) is 0 Å². The van der Waals surface area contributed by atoms with Gasteiger partial charge in [0, 0.05) is 6.07 Å². The van der Waals surface area contributed by atoms with Gasteiger partial charge in [-0.05, 0) is 35.9 Å². The van der Waals surface area contributed by atoms with Crippen molar-refractivity contribution in [3.05, 3.63) is 40.4 Å². The normalized spacial score (nSPS) is 11.2. The summed E-state index contributed by atoms with van der Waals surface area (Å²) in [5, 5.41) is 30.5. The van der Waals surface area contributed by atoms with E-state index in [1.807, 2.05) is 0 Å². The summed E-state index contributed by atoms with van der Waals surface area (Å²) in [5.41, 5.74) is -0.665. The Bertz CT molecular complexity index is 877. The predicted molar refractivity (Wildman–Crippen MR) is 69.7 cm³/mol. The summed E-state index contributed by atoms with van der Waals surface area (Å²) in [5.74, 6) is -0.350. The molecule has 0 spiro atoms. The summed E-state index contributed by atoms with van der Waals surface area (Å²) in [6, 6.07) is 5.71. The molecule has 0 radical (unpaired) electrons. The lowest BCUT2D eigenvalue weighted by atomic mass is 10.0. The first-order chi connectivity index (χ1) is 8.97. The molecule has 1 aromatic heterocycles. The molecular weight excluding hydrogens is 248 g/mol. The van der Waals surface area contributed by atoms with Crippen LogP contribution >= 0.6 is 0 Å². The maximum Gasteiger partial charge on any atom is 0.347 e. The van der Waals surface area contributed by atoms with Crippen LogP contribution in [0.1, 0.15) is 5.76 Å². The molecule has 0 amide bonds. The van der Waals surface area contributed by atoms with Crippen molar-refractivity contribution in [2.45, 2.75) is 6.92 Å². The molecule has 5 heteroatoms. The topological polar surface area (TPSA) is 90.9 Å². The van der Waals surface area contributed by atoms with E-state index in [4.69, 9.17) is 4.42 Å². The molecule has 0 aliphatic rings. The van der Waals surface area contributed by atoms with E-state index < -0.39 is 5.63 Å². The van der Waals surface area contributed by atoms with Gasteiger partial charge in [0.25, 0.3) is 0 Å². The van der Waals surface area contributed by atoms with Crippen molar-refractivity contribution in [2.24, 2.45) is 0 Å². The molecule has 3 aromatic rings. The van der Waals surface area contributed by atoms with Crippen molar-refractivity contribution in [1.82, 2.24) is 0 Å². The zero-order valence-electron chi connectivity index (χ0n) is 9.97. The van der Waals surface area contributed by atoms with E-state index in [1.165, 1.54) is 6.07 Å². The number of benzene rings is 2. The van der Waals surface area contributed by atoms with Crippen LogP contribution in [0.15, 0.2) is 33.5 Å². The molecule has 3 rings (SSSR count). The highest BCUT2D eigenvalue weighted by molar-refractivity contribution is 6.07. The van der Waals surface area contributed by atoms with Crippen LogP contribution in [-0.4, -0.2) is 15.3 Å². The molecule has 96 valence electrons. The summed E-state index contributed by atoms with van der Waals surface area (Å²) in [7, 11) is 0. The minimum Gasteiger partial charge on any atom is -0.508 e. The van der Waals surface area contributed by atoms with Crippen molar-refractivity contribution in [1.29, 1.82) is 0 Å². The van der Waals surface area contributed by atoms with Gasteiger partial charge in [0.05, 0.1) is 5.39 Å². The first-order valence-electron chi connectivity index (χ1n) is 5.59. The quantitative estimate of drug-likeness (QED) is 0.538. The lowest BCUT2D eigenvalue weighted by molar-refractivity contribution is 0.449. The molecule has 0 aliphatic heterocycles. The molecule has 0 unspecified atom stereocenters. The Hall–Kier alpha value is -2.69. The van der Waals surface area contributed by atoms with Crippen molar-refractivity contribution in [3.8, 4) is 17.2 Å². The van der Waals surface area contributed by atoms with Crippen LogP contribution in [0, 0.1) is 6.92 Å². The average Bonchev–Trinajstić information content (AvgIpc) is 2.25. The minimum absolute atomic E-state index is 0.0130. The number of aromatic hydroxyl groups is 3. The highest BCUT2D eigenvalue weighted by atomic mass is 16.4. The van der Waals surface area contributed by atoms with E-state index in [1.54, 1.807) is 19.1 Å². The van der Waals surface area contributed by atoms with E-state index in [0.29, 0.717) is 16.5 Å². The van der Waals surface area contributed by atoms with Crippen LogP contribution in [0.3, 0.4) is 0 Å². The third-order valence-corrected chi connectivity index (χ3v) is 3.02. The first-order valence-corrected chi connectivity index (χ1v) is 5.59. The van der Waals surface area contributed by atoms with Crippen LogP contribution in [0.4, 0.5) is 0 Å². The van der Waals surface area contributed by atoms with Crippen LogP contribution in [0.5, 0.6) is 17.2 Å². The molecule has 1 heterocycles. The second-order valence-electron chi connectivity index (χ2n) is 4.40. The Morgan fingerprint density at radius 1 is 0.947 bits per heavy atom. The summed E-state index contributed by atoms with van der Waals surface area (Å²) in [6.45, 7) is 1.63. The van der Waals surface area contributed by atoms with Gasteiger partial charge in [-0.2, -0.15) is 0 Å². The fourth-order valence-electron chi connectivity index (χ4n) is 2.28. The van der Waals surface area contributed by atoms with Gasteiger partial charge in [0.1, 0.15) is 28.4 Å². The van der Waals surface area contributed by atoms with E-state index in [-0.39, 0.29) is 28.0 Å². The fourth-order valence-corrected chi connectivity index (χ4v) is 2.28. The Kier molecular flexibility index (Phi) is 2.19. The molecule has 0 saturated heterocycles. The van der Waals surface area contributed by atoms with Crippen LogP contribution < -0.4 is 5.63 Å². The van der Waals surface area contributed by atoms with Crippen molar-refractivity contribution in [3.63, 3.8) is 0 Å². The number of hydrogen-bond donors (Lipinski definition) is 3. The summed E-state index contributed by atoms with van der Waals surface area (Å²) >= 11 is 0. The number of phenolic OH excluding ortho intramolecular Hbond substituents is 3. The SMILES string of the molecule is Cc1cc2cc3cc(O)cc(O)c3c(O)c2c(=O)o1. The molecular formula is C14H10O5. The van der Waals surface area contributed by atoms with E-state index >= 15 is 0 Å². The molecule has 19 heavy (non-hydrogen) atoms. The maximum atomic E-state index is 11.8. The Labute approximate surface area is 107 Å². The van der Waals surface area contributed by atoms with Gasteiger partial charge < -0.3 is 19.7 Å². The average molecular weight is 258 g/mol. The molecule has 0 atom stereocenters. The monoisotopic (exact) mass is 258 g/mol. The standard InChI is InChI=1S/C14H10O5/c1-6-2-7-3-8-4-9(15)5-10(16)11(8)13(17)12(7)14(18)19-6/h2-5,15-17H,1H3. The van der Waals surface area contributed by atoms with Gasteiger partial charge in [0.15, 0.2) is 0 Å². The highest BCUT2D eigenvalue weighted by Crippen LogP contribution is 2.39. The van der Waals surface area contributed by atoms with Crippen molar-refractivity contribution in [2.75, 3.05) is 0 Å². The maximum absolute atomic E-state index is 11.8. The zero-order chi connectivity index (χ0) is 13.7. The summed E-state index contributed by atoms with van der Waals surface area (Å²) in [6.07, 6.45) is 0. The third kappa shape index (κ3) is 1.59. The molecule has 0 aliphatic carbocycles. The minimum atomic E-state index is -0.665. The van der Waals surface area contributed by atoms with Crippen molar-refractivity contribution >= 4 is 21.5 Å². The van der Waals surface area contributed by atoms with Gasteiger partial charge in [-0.25, -0.2) is 4.79 Å². The molecule has 0 bridgehead atoms. The number of rotatable bonds is 0. The van der Waals surface area contributed by atoms with E-state index in [2.05, 4.69) is 0 Å². The number of aryl methyl sites for hydroxylation is 1.